The van der Waals surface area contributed by atoms with Crippen molar-refractivity contribution in [2.75, 3.05) is 11.9 Å². The first-order chi connectivity index (χ1) is 23.3. The third-order valence-corrected chi connectivity index (χ3v) is 12.5. The van der Waals surface area contributed by atoms with Crippen molar-refractivity contribution in [2.24, 2.45) is 0 Å². The van der Waals surface area contributed by atoms with Gasteiger partial charge < -0.3 is 0 Å². The number of aromatic nitrogens is 1. The molecule has 0 N–H and O–H groups in total. The van der Waals surface area contributed by atoms with Crippen LogP contribution in [0, 0.1) is 0 Å². The van der Waals surface area contributed by atoms with Crippen molar-refractivity contribution in [3.63, 3.8) is 0 Å². The van der Waals surface area contributed by atoms with Gasteiger partial charge in [-0.3, -0.25) is 0 Å². The molecule has 1 aromatic heterocycles. The second-order valence-corrected chi connectivity index (χ2v) is 14.8. The predicted octanol–water partition coefficient (Wildman–Crippen LogP) is 6.68. The van der Waals surface area contributed by atoms with Gasteiger partial charge in [0.25, 0.3) is 0 Å². The molecule has 2 aliphatic heterocycles. The molecule has 2 nitrogen and oxygen atoms in total. The van der Waals surface area contributed by atoms with E-state index in [0.29, 0.717) is 0 Å². The van der Waals surface area contributed by atoms with E-state index >= 15 is 0 Å². The van der Waals surface area contributed by atoms with E-state index in [0.717, 1.165) is 0 Å². The van der Waals surface area contributed by atoms with Crippen LogP contribution in [0.5, 0.6) is 0 Å². The molecule has 7 aromatic carbocycles. The van der Waals surface area contributed by atoms with Crippen molar-refractivity contribution in [2.45, 2.75) is 0 Å². The Bertz CT molecular complexity index is 2420. The summed E-state index contributed by atoms with van der Waals surface area (Å²) in [7, 11) is 2.25. The first kappa shape index (κ1) is 26.9. The number of hydrogen-bond acceptors (Lipinski definition) is 1. The second-order valence-electron chi connectivity index (χ2n) is 12.5. The summed E-state index contributed by atoms with van der Waals surface area (Å²) in [6.07, 6.45) is 0. The van der Waals surface area contributed by atoms with E-state index in [1.807, 2.05) is 0 Å². The third-order valence-electron chi connectivity index (χ3n) is 10.1. The standard InChI is InChI=1S/C43H29BN2Se/c1-45-37-24-10-8-22-35(37)44-36-23-9-11-25-39(36)47-40-27-30(26-38(45)41(40)44)46-42-31(28-14-4-2-5-15-28)18-12-20-33(42)34-21-13-19-32(43(34)46)29-16-6-3-7-17-29/h2-27H,1H3. The van der Waals surface area contributed by atoms with Gasteiger partial charge in [0.2, 0.25) is 0 Å². The molecule has 47 heavy (non-hydrogen) atoms. The van der Waals surface area contributed by atoms with E-state index in [9.17, 15) is 0 Å². The average Bonchev–Trinajstić information content (AvgIpc) is 3.48. The number of benzene rings is 7. The van der Waals surface area contributed by atoms with Crippen LogP contribution in [0.25, 0.3) is 49.7 Å². The Morgan fingerprint density at radius 2 is 1.06 bits per heavy atom. The van der Waals surface area contributed by atoms with Gasteiger partial charge in [0.15, 0.2) is 0 Å². The summed E-state index contributed by atoms with van der Waals surface area (Å²) in [6.45, 7) is 0.242. The summed E-state index contributed by atoms with van der Waals surface area (Å²) in [4.78, 5) is 2.43. The van der Waals surface area contributed by atoms with E-state index in [2.05, 4.69) is 174 Å². The van der Waals surface area contributed by atoms with Gasteiger partial charge in [0.1, 0.15) is 0 Å². The monoisotopic (exact) mass is 664 g/mol. The van der Waals surface area contributed by atoms with Gasteiger partial charge in [-0.2, -0.15) is 0 Å². The van der Waals surface area contributed by atoms with Crippen LogP contribution < -0.4 is 30.2 Å². The molecule has 0 unspecified atom stereocenters. The fourth-order valence-electron chi connectivity index (χ4n) is 8.03. The molecule has 2 aliphatic rings. The van der Waals surface area contributed by atoms with Crippen LogP contribution >= 0.6 is 0 Å². The van der Waals surface area contributed by atoms with Crippen molar-refractivity contribution in [3.05, 3.63) is 158 Å². The van der Waals surface area contributed by atoms with Crippen LogP contribution in [0.1, 0.15) is 0 Å². The quantitative estimate of drug-likeness (QED) is 0.192. The molecular formula is C43H29BN2Se. The minimum absolute atomic E-state index is 0.184. The van der Waals surface area contributed by atoms with Crippen LogP contribution in [0.3, 0.4) is 0 Å². The SMILES string of the molecule is CN1c2ccccc2B2c3ccccc3[Se]c3cc(-n4c5c(-c6ccccc6)cccc5c5cccc(-c6ccccc6)c54)cc1c32. The summed E-state index contributed by atoms with van der Waals surface area (Å²) >= 11 is 0.184. The Kier molecular flexibility index (Phi) is 5.93. The van der Waals surface area contributed by atoms with Crippen molar-refractivity contribution in [3.8, 4) is 27.9 Å². The molecule has 0 fully saturated rings. The zero-order chi connectivity index (χ0) is 31.1. The van der Waals surface area contributed by atoms with Gasteiger partial charge in [-0.1, -0.05) is 0 Å². The number of fused-ring (bicyclic) bond motifs is 7. The zero-order valence-electron chi connectivity index (χ0n) is 25.9. The maximum absolute atomic E-state index is 2.58. The van der Waals surface area contributed by atoms with Gasteiger partial charge in [-0.15, -0.1) is 0 Å². The molecule has 0 atom stereocenters. The number of hydrogen-bond donors (Lipinski definition) is 0. The number of nitrogens with zero attached hydrogens (tertiary/aromatic N) is 2. The van der Waals surface area contributed by atoms with Crippen LogP contribution in [-0.2, 0) is 0 Å². The Balaban J connectivity index is 1.35. The van der Waals surface area contributed by atoms with E-state index in [4.69, 9.17) is 0 Å². The molecule has 4 heteroatoms. The topological polar surface area (TPSA) is 8.17 Å². The van der Waals surface area contributed by atoms with E-state index in [1.54, 1.807) is 0 Å². The second kappa shape index (κ2) is 10.4. The van der Waals surface area contributed by atoms with Crippen LogP contribution in [0.4, 0.5) is 11.4 Å². The Hall–Kier alpha value is -5.28. The van der Waals surface area contributed by atoms with Crippen LogP contribution in [0.2, 0.25) is 0 Å². The predicted molar refractivity (Wildman–Crippen MR) is 202 cm³/mol. The van der Waals surface area contributed by atoms with Crippen molar-refractivity contribution in [1.82, 2.24) is 4.57 Å². The molecule has 0 aliphatic carbocycles. The summed E-state index contributed by atoms with van der Waals surface area (Å²) in [5.74, 6) is 0. The molecule has 0 saturated heterocycles. The Labute approximate surface area is 281 Å². The first-order valence-electron chi connectivity index (χ1n) is 16.2. The van der Waals surface area contributed by atoms with Gasteiger partial charge >= 0.3 is 282 Å². The van der Waals surface area contributed by atoms with Crippen molar-refractivity contribution >= 4 is 80.2 Å². The maximum atomic E-state index is 2.58. The average molecular weight is 663 g/mol. The van der Waals surface area contributed by atoms with Gasteiger partial charge in [0.05, 0.1) is 0 Å². The zero-order valence-corrected chi connectivity index (χ0v) is 27.6. The van der Waals surface area contributed by atoms with Gasteiger partial charge in [-0.25, -0.2) is 0 Å². The number of anilines is 2. The first-order valence-corrected chi connectivity index (χ1v) is 17.9. The summed E-state index contributed by atoms with van der Waals surface area (Å²) in [6, 6.07) is 58.5. The van der Waals surface area contributed by atoms with Gasteiger partial charge in [0, 0.05) is 0 Å². The van der Waals surface area contributed by atoms with E-state index < -0.39 is 0 Å². The normalized spacial score (nSPS) is 13.0. The Morgan fingerprint density at radius 1 is 0.489 bits per heavy atom. The number of para-hydroxylation sites is 3. The summed E-state index contributed by atoms with van der Waals surface area (Å²) in [5.41, 5.74) is 15.6. The minimum atomic E-state index is 0.184. The molecule has 220 valence electrons. The van der Waals surface area contributed by atoms with Crippen LogP contribution in [-0.4, -0.2) is 33.3 Å². The molecule has 0 bridgehead atoms. The fourth-order valence-corrected chi connectivity index (χ4v) is 10.5. The van der Waals surface area contributed by atoms with Crippen molar-refractivity contribution < 1.29 is 0 Å². The Morgan fingerprint density at radius 3 is 1.72 bits per heavy atom. The molecule has 3 heterocycles. The molecule has 10 rings (SSSR count). The molecular weight excluding hydrogens is 634 g/mol. The van der Waals surface area contributed by atoms with Gasteiger partial charge in [-0.05, 0) is 0 Å². The molecule has 8 aromatic rings. The number of rotatable bonds is 3. The molecule has 0 radical (unpaired) electrons. The fraction of sp³-hybridized carbons (Fsp3) is 0.0233. The van der Waals surface area contributed by atoms with E-state index in [-0.39, 0.29) is 21.7 Å². The molecule has 0 amide bonds. The van der Waals surface area contributed by atoms with E-state index in [1.165, 1.54) is 86.4 Å². The molecule has 0 saturated carbocycles. The molecule has 0 spiro atoms. The third kappa shape index (κ3) is 3.93. The summed E-state index contributed by atoms with van der Waals surface area (Å²) < 4.78 is 5.53. The van der Waals surface area contributed by atoms with Crippen molar-refractivity contribution in [1.29, 1.82) is 0 Å². The summed E-state index contributed by atoms with van der Waals surface area (Å²) in [5, 5.41) is 2.55. The van der Waals surface area contributed by atoms with Crippen LogP contribution in [0.15, 0.2) is 158 Å².